The largest absolute Gasteiger partial charge is 0.492 e. The van der Waals surface area contributed by atoms with Gasteiger partial charge in [0.15, 0.2) is 0 Å². The monoisotopic (exact) mass is 538 g/mol. The molecule has 0 atom stereocenters. The van der Waals surface area contributed by atoms with E-state index in [2.05, 4.69) is 21.1 Å². The lowest BCUT2D eigenvalue weighted by Crippen LogP contribution is -2.24. The zero-order valence-corrected chi connectivity index (χ0v) is 21.2. The molecule has 0 amide bonds. The minimum atomic E-state index is -3.65. The number of nitrogens with one attached hydrogen (secondary N) is 2. The highest BCUT2D eigenvalue weighted by Crippen LogP contribution is 2.38. The van der Waals surface area contributed by atoms with E-state index in [1.807, 2.05) is 0 Å². The molecule has 2 N–H and O–H groups in total. The van der Waals surface area contributed by atoms with Gasteiger partial charge in [0, 0.05) is 34.8 Å². The third-order valence-electron chi connectivity index (χ3n) is 4.99. The second kappa shape index (κ2) is 10.5. The second-order valence-corrected chi connectivity index (χ2v) is 12.3. The number of fused-ring (bicyclic) bond motifs is 1. The van der Waals surface area contributed by atoms with E-state index in [0.717, 1.165) is 11.5 Å². The van der Waals surface area contributed by atoms with E-state index < -0.39 is 15.8 Å². The van der Waals surface area contributed by atoms with Gasteiger partial charge in [-0.25, -0.2) is 12.8 Å². The molecule has 0 saturated carbocycles. The van der Waals surface area contributed by atoms with Crippen molar-refractivity contribution in [3.05, 3.63) is 52.9 Å². The lowest BCUT2D eigenvalue weighted by atomic mass is 10.1. The average Bonchev–Trinajstić information content (AvgIpc) is 3.29. The van der Waals surface area contributed by atoms with Gasteiger partial charge in [0.2, 0.25) is 10.0 Å². The summed E-state index contributed by atoms with van der Waals surface area (Å²) >= 11 is 5.91. The molecule has 0 bridgehead atoms. The smallest absolute Gasteiger partial charge is 0.233 e. The summed E-state index contributed by atoms with van der Waals surface area (Å²) in [4.78, 5) is 4.34. The normalized spacial score (nSPS) is 14.2. The van der Waals surface area contributed by atoms with Gasteiger partial charge < -0.3 is 10.1 Å². The molecule has 4 rings (SSSR count). The second-order valence-electron chi connectivity index (χ2n) is 7.53. The Morgan fingerprint density at radius 3 is 2.74 bits per heavy atom. The molecule has 178 valence electrons. The third kappa shape index (κ3) is 5.63. The van der Waals surface area contributed by atoms with Crippen LogP contribution in [0, 0.1) is 23.1 Å². The zero-order valence-electron chi connectivity index (χ0n) is 18.0. The molecule has 1 aliphatic heterocycles. The fourth-order valence-electron chi connectivity index (χ4n) is 3.46. The Kier molecular flexibility index (Phi) is 7.62. The minimum Gasteiger partial charge on any atom is -0.492 e. The summed E-state index contributed by atoms with van der Waals surface area (Å²) in [6.45, 7) is 2.12. The van der Waals surface area contributed by atoms with Gasteiger partial charge in [-0.15, -0.1) is 0 Å². The van der Waals surface area contributed by atoms with Crippen molar-refractivity contribution in [2.75, 3.05) is 33.9 Å². The van der Waals surface area contributed by atoms with Gasteiger partial charge in [-0.3, -0.25) is 9.71 Å². The van der Waals surface area contributed by atoms with E-state index in [1.54, 1.807) is 40.6 Å². The molecule has 0 spiro atoms. The molecule has 2 aromatic carbocycles. The van der Waals surface area contributed by atoms with E-state index in [1.165, 1.54) is 24.4 Å². The van der Waals surface area contributed by atoms with Gasteiger partial charge in [-0.05, 0) is 37.1 Å². The maximum Gasteiger partial charge on any atom is 0.233 e. The SMILES string of the molecule is CCOc1cc2ncc(C#N)c(Nc3ccc(F)c(Cl)c3)c2cc1NS(=O)(=O)CC1CSSC1. The first-order valence-electron chi connectivity index (χ1n) is 10.3. The predicted octanol–water partition coefficient (Wildman–Crippen LogP) is 5.79. The number of anilines is 3. The summed E-state index contributed by atoms with van der Waals surface area (Å²) in [5.41, 5.74) is 1.82. The topological polar surface area (TPSA) is 104 Å². The molecule has 1 fully saturated rings. The Balaban J connectivity index is 1.78. The zero-order chi connectivity index (χ0) is 24.3. The molecule has 1 aliphatic rings. The van der Waals surface area contributed by atoms with Crippen LogP contribution in [0.25, 0.3) is 10.9 Å². The van der Waals surface area contributed by atoms with Crippen LogP contribution in [0.4, 0.5) is 21.5 Å². The lowest BCUT2D eigenvalue weighted by molar-refractivity contribution is 0.342. The van der Waals surface area contributed by atoms with Crippen molar-refractivity contribution >= 4 is 71.2 Å². The molecule has 12 heteroatoms. The Morgan fingerprint density at radius 2 is 2.06 bits per heavy atom. The van der Waals surface area contributed by atoms with Crippen LogP contribution in [0.15, 0.2) is 36.5 Å². The first-order chi connectivity index (χ1) is 16.3. The number of rotatable bonds is 8. The molecule has 0 radical (unpaired) electrons. The molecule has 34 heavy (non-hydrogen) atoms. The van der Waals surface area contributed by atoms with Crippen molar-refractivity contribution in [1.29, 1.82) is 5.26 Å². The van der Waals surface area contributed by atoms with Crippen molar-refractivity contribution < 1.29 is 17.5 Å². The van der Waals surface area contributed by atoms with Crippen LogP contribution in [0.3, 0.4) is 0 Å². The maximum atomic E-state index is 13.6. The highest BCUT2D eigenvalue weighted by molar-refractivity contribution is 8.77. The summed E-state index contributed by atoms with van der Waals surface area (Å²) < 4.78 is 47.7. The Hall–Kier alpha value is -2.39. The van der Waals surface area contributed by atoms with E-state index in [9.17, 15) is 18.1 Å². The number of pyridine rings is 1. The third-order valence-corrected chi connectivity index (χ3v) is 9.42. The number of nitriles is 1. The van der Waals surface area contributed by atoms with Crippen molar-refractivity contribution in [3.63, 3.8) is 0 Å². The standard InChI is InChI=1S/C22H20ClFN4O3S3/c1-2-31-21-7-19-16(6-20(21)28-34(29,30)12-13-10-32-33-11-13)22(14(8-25)9-26-19)27-15-3-4-18(24)17(23)5-15/h3-7,9,13,28H,2,10-12H2,1H3,(H,26,27). The fourth-order valence-corrected chi connectivity index (χ4v) is 8.31. The number of hydrogen-bond acceptors (Lipinski definition) is 8. The van der Waals surface area contributed by atoms with Crippen LogP contribution in [-0.2, 0) is 10.0 Å². The quantitative estimate of drug-likeness (QED) is 0.347. The number of aromatic nitrogens is 1. The van der Waals surface area contributed by atoms with Gasteiger partial charge >= 0.3 is 0 Å². The van der Waals surface area contributed by atoms with Gasteiger partial charge in [0.05, 0.1) is 39.8 Å². The Bertz CT molecular complexity index is 1380. The number of hydrogen-bond donors (Lipinski definition) is 2. The fraction of sp³-hybridized carbons (Fsp3) is 0.273. The summed E-state index contributed by atoms with van der Waals surface area (Å²) in [5.74, 6) is 1.41. The van der Waals surface area contributed by atoms with Gasteiger partial charge in [0.25, 0.3) is 0 Å². The number of nitrogens with zero attached hydrogens (tertiary/aromatic N) is 2. The first-order valence-corrected chi connectivity index (χ1v) is 14.8. The summed E-state index contributed by atoms with van der Waals surface area (Å²) in [7, 11) is -0.305. The molecular formula is C22H20ClFN4O3S3. The molecule has 0 unspecified atom stereocenters. The van der Waals surface area contributed by atoms with Crippen LogP contribution in [-0.4, -0.2) is 37.3 Å². The molecule has 2 heterocycles. The van der Waals surface area contributed by atoms with Crippen LogP contribution in [0.5, 0.6) is 5.75 Å². The van der Waals surface area contributed by atoms with E-state index in [4.69, 9.17) is 16.3 Å². The first kappa shape index (κ1) is 24.7. The summed E-state index contributed by atoms with van der Waals surface area (Å²) in [6, 6.07) is 9.41. The molecule has 1 aromatic heterocycles. The van der Waals surface area contributed by atoms with Crippen LogP contribution < -0.4 is 14.8 Å². The van der Waals surface area contributed by atoms with Gasteiger partial charge in [-0.2, -0.15) is 5.26 Å². The molecule has 7 nitrogen and oxygen atoms in total. The Labute approximate surface area is 209 Å². The van der Waals surface area contributed by atoms with Crippen molar-refractivity contribution in [2.24, 2.45) is 5.92 Å². The highest BCUT2D eigenvalue weighted by atomic mass is 35.5. The minimum absolute atomic E-state index is 0.00622. The lowest BCUT2D eigenvalue weighted by Gasteiger charge is -2.17. The van der Waals surface area contributed by atoms with E-state index in [-0.39, 0.29) is 27.9 Å². The predicted molar refractivity (Wildman–Crippen MR) is 138 cm³/mol. The summed E-state index contributed by atoms with van der Waals surface area (Å²) in [6.07, 6.45) is 1.41. The molecule has 3 aromatic rings. The van der Waals surface area contributed by atoms with Crippen LogP contribution in [0.1, 0.15) is 12.5 Å². The summed E-state index contributed by atoms with van der Waals surface area (Å²) in [5, 5.41) is 13.2. The molecular weight excluding hydrogens is 519 g/mol. The van der Waals surface area contributed by atoms with Gasteiger partial charge in [0.1, 0.15) is 17.6 Å². The molecule has 1 saturated heterocycles. The van der Waals surface area contributed by atoms with Gasteiger partial charge in [-0.1, -0.05) is 33.2 Å². The van der Waals surface area contributed by atoms with E-state index >= 15 is 0 Å². The maximum absolute atomic E-state index is 13.6. The number of halogens is 2. The molecule has 0 aliphatic carbocycles. The van der Waals surface area contributed by atoms with Crippen LogP contribution in [0.2, 0.25) is 5.02 Å². The van der Waals surface area contributed by atoms with Crippen molar-refractivity contribution in [2.45, 2.75) is 6.92 Å². The van der Waals surface area contributed by atoms with Crippen LogP contribution >= 0.6 is 33.2 Å². The number of ether oxygens (including phenoxy) is 1. The Morgan fingerprint density at radius 1 is 1.29 bits per heavy atom. The van der Waals surface area contributed by atoms with Crippen molar-refractivity contribution in [3.8, 4) is 11.8 Å². The number of benzene rings is 2. The number of sulfonamides is 1. The average molecular weight is 539 g/mol. The highest BCUT2D eigenvalue weighted by Gasteiger charge is 2.25. The van der Waals surface area contributed by atoms with E-state index in [0.29, 0.717) is 34.6 Å². The van der Waals surface area contributed by atoms with Crippen molar-refractivity contribution in [1.82, 2.24) is 4.98 Å².